The molecule has 6 atom stereocenters. The third-order valence-electron chi connectivity index (χ3n) is 17.8. The maximum Gasteiger partial charge on any atom is 0.472 e. The molecule has 0 aromatic rings. The summed E-state index contributed by atoms with van der Waals surface area (Å²) in [6.07, 6.45) is 54.1. The molecule has 0 bridgehead atoms. The number of aliphatic hydroxyl groups excluding tert-OH is 1. The lowest BCUT2D eigenvalue weighted by molar-refractivity contribution is -0.161. The lowest BCUT2D eigenvalue weighted by Crippen LogP contribution is -2.30. The fourth-order valence-electron chi connectivity index (χ4n) is 11.4. The summed E-state index contributed by atoms with van der Waals surface area (Å²) >= 11 is 0. The van der Waals surface area contributed by atoms with Gasteiger partial charge in [-0.2, -0.15) is 0 Å². The molecule has 0 saturated carbocycles. The number of esters is 4. The first-order valence-corrected chi connectivity index (χ1v) is 42.0. The van der Waals surface area contributed by atoms with E-state index in [0.29, 0.717) is 25.7 Å². The third-order valence-corrected chi connectivity index (χ3v) is 19.7. The van der Waals surface area contributed by atoms with Crippen LogP contribution in [0.15, 0.2) is 0 Å². The highest BCUT2D eigenvalue weighted by molar-refractivity contribution is 7.47. The van der Waals surface area contributed by atoms with Crippen LogP contribution in [-0.2, 0) is 65.4 Å². The molecule has 0 heterocycles. The molecule has 0 aliphatic rings. The summed E-state index contributed by atoms with van der Waals surface area (Å²) in [7, 11) is -9.91. The van der Waals surface area contributed by atoms with Crippen molar-refractivity contribution in [3.05, 3.63) is 0 Å². The number of phosphoric acid groups is 2. The molecule has 94 heavy (non-hydrogen) atoms. The van der Waals surface area contributed by atoms with Crippen LogP contribution in [0.1, 0.15) is 388 Å². The molecule has 0 spiro atoms. The number of unbranched alkanes of at least 4 members (excludes halogenated alkanes) is 43. The van der Waals surface area contributed by atoms with E-state index in [1.807, 2.05) is 0 Å². The van der Waals surface area contributed by atoms with Crippen LogP contribution in [-0.4, -0.2) is 96.7 Å². The molecule has 0 amide bonds. The van der Waals surface area contributed by atoms with E-state index in [0.717, 1.165) is 108 Å². The predicted molar refractivity (Wildman–Crippen MR) is 381 cm³/mol. The number of hydrogen-bond donors (Lipinski definition) is 3. The van der Waals surface area contributed by atoms with Crippen LogP contribution in [0.3, 0.4) is 0 Å². The molecule has 558 valence electrons. The van der Waals surface area contributed by atoms with E-state index in [4.69, 9.17) is 37.0 Å². The lowest BCUT2D eigenvalue weighted by Gasteiger charge is -2.21. The van der Waals surface area contributed by atoms with Gasteiger partial charge in [-0.05, 0) is 37.5 Å². The maximum absolute atomic E-state index is 13.1. The van der Waals surface area contributed by atoms with E-state index in [9.17, 15) is 43.2 Å². The van der Waals surface area contributed by atoms with Crippen LogP contribution >= 0.6 is 15.6 Å². The number of aliphatic hydroxyl groups is 1. The second-order valence-corrected chi connectivity index (χ2v) is 30.7. The van der Waals surface area contributed by atoms with Crippen molar-refractivity contribution in [3.63, 3.8) is 0 Å². The molecule has 0 saturated heterocycles. The summed E-state index contributed by atoms with van der Waals surface area (Å²) in [5.41, 5.74) is 0. The first-order valence-electron chi connectivity index (χ1n) is 39.0. The minimum atomic E-state index is -4.96. The molecule has 0 fully saturated rings. The molecular formula is C75H146O17P2. The fourth-order valence-corrected chi connectivity index (χ4v) is 13.0. The first kappa shape index (κ1) is 92.1. The van der Waals surface area contributed by atoms with Gasteiger partial charge >= 0.3 is 39.5 Å². The minimum Gasteiger partial charge on any atom is -0.462 e. The molecule has 19 heteroatoms. The Bertz CT molecular complexity index is 1820. The van der Waals surface area contributed by atoms with Crippen molar-refractivity contribution in [1.82, 2.24) is 0 Å². The van der Waals surface area contributed by atoms with Gasteiger partial charge in [-0.15, -0.1) is 0 Å². The summed E-state index contributed by atoms with van der Waals surface area (Å²) in [5, 5.41) is 10.6. The topological polar surface area (TPSA) is 237 Å². The van der Waals surface area contributed by atoms with Gasteiger partial charge in [-0.25, -0.2) is 9.13 Å². The SMILES string of the molecule is CCCCCCCCCCCCCCCCCC(=O)OC[C@H](COP(=O)(O)OC[C@@H](O)COP(=O)(O)OC[C@@H](COC(=O)CCCCCCCCCC)OC(=O)CCCCCCCCCCC(C)CC)OC(=O)CCCCCCCCCCCCCCCCCCC(C)C. The Morgan fingerprint density at radius 1 is 0.309 bits per heavy atom. The van der Waals surface area contributed by atoms with Crippen LogP contribution in [0.25, 0.3) is 0 Å². The molecular weight excluding hydrogens is 1230 g/mol. The molecule has 3 unspecified atom stereocenters. The van der Waals surface area contributed by atoms with Crippen LogP contribution in [0.5, 0.6) is 0 Å². The Kier molecular flexibility index (Phi) is 65.5. The van der Waals surface area contributed by atoms with Gasteiger partial charge in [-0.1, -0.05) is 337 Å². The van der Waals surface area contributed by atoms with Gasteiger partial charge in [0, 0.05) is 25.7 Å². The lowest BCUT2D eigenvalue weighted by atomic mass is 9.99. The number of hydrogen-bond acceptors (Lipinski definition) is 15. The molecule has 0 aliphatic carbocycles. The van der Waals surface area contributed by atoms with Gasteiger partial charge in [-0.3, -0.25) is 37.3 Å². The van der Waals surface area contributed by atoms with Gasteiger partial charge in [0.25, 0.3) is 0 Å². The van der Waals surface area contributed by atoms with Crippen molar-refractivity contribution in [3.8, 4) is 0 Å². The Hall–Kier alpha value is -1.94. The quantitative estimate of drug-likeness (QED) is 0.0222. The van der Waals surface area contributed by atoms with Gasteiger partial charge in [0.2, 0.25) is 0 Å². The highest BCUT2D eigenvalue weighted by atomic mass is 31.2. The summed E-state index contributed by atoms with van der Waals surface area (Å²) in [4.78, 5) is 72.7. The molecule has 0 aromatic carbocycles. The third kappa shape index (κ3) is 67.3. The summed E-state index contributed by atoms with van der Waals surface area (Å²) in [6.45, 7) is 9.59. The second kappa shape index (κ2) is 66.9. The zero-order valence-corrected chi connectivity index (χ0v) is 63.1. The number of rotatable bonds is 74. The zero-order chi connectivity index (χ0) is 69.3. The fraction of sp³-hybridized carbons (Fsp3) is 0.947. The standard InChI is InChI=1S/C75H146O17P2/c1-7-10-12-14-16-18-19-20-23-27-30-33-40-46-52-58-73(78)86-64-71(91-74(79)59-53-47-41-34-31-28-25-22-21-24-26-29-32-37-43-49-55-67(4)5)66-90-94(83,84)88-62-69(76)61-87-93(81,82)89-65-70(63-85-72(77)57-51-45-39-17-15-13-11-8-2)92-75(80)60-54-48-42-36-35-38-44-50-56-68(6)9-3/h67-71,76H,7-66H2,1-6H3,(H,81,82)(H,83,84)/t68?,69-,70+,71+/m0/s1. The van der Waals surface area contributed by atoms with Gasteiger partial charge in [0.15, 0.2) is 12.2 Å². The Balaban J connectivity index is 5.21. The van der Waals surface area contributed by atoms with Gasteiger partial charge in [0.1, 0.15) is 19.3 Å². The van der Waals surface area contributed by atoms with Crippen molar-refractivity contribution >= 4 is 39.5 Å². The van der Waals surface area contributed by atoms with E-state index in [1.165, 1.54) is 199 Å². The Morgan fingerprint density at radius 3 is 0.809 bits per heavy atom. The smallest absolute Gasteiger partial charge is 0.462 e. The minimum absolute atomic E-state index is 0.105. The maximum atomic E-state index is 13.1. The zero-order valence-electron chi connectivity index (χ0n) is 61.3. The largest absolute Gasteiger partial charge is 0.472 e. The average Bonchev–Trinajstić information content (AvgIpc) is 1.44. The molecule has 3 N–H and O–H groups in total. The number of carbonyl (C=O) groups excluding carboxylic acids is 4. The number of phosphoric ester groups is 2. The second-order valence-electron chi connectivity index (χ2n) is 27.8. The van der Waals surface area contributed by atoms with Crippen LogP contribution in [0.2, 0.25) is 0 Å². The van der Waals surface area contributed by atoms with Crippen LogP contribution < -0.4 is 0 Å². The van der Waals surface area contributed by atoms with Gasteiger partial charge < -0.3 is 33.8 Å². The van der Waals surface area contributed by atoms with E-state index >= 15 is 0 Å². The molecule has 0 radical (unpaired) electrons. The Morgan fingerprint density at radius 2 is 0.543 bits per heavy atom. The van der Waals surface area contributed by atoms with E-state index in [-0.39, 0.29) is 25.7 Å². The van der Waals surface area contributed by atoms with Crippen molar-refractivity contribution < 1.29 is 80.2 Å². The monoisotopic (exact) mass is 1380 g/mol. The summed E-state index contributed by atoms with van der Waals surface area (Å²) in [6, 6.07) is 0. The Labute approximate surface area is 575 Å². The normalized spacial score (nSPS) is 14.3. The molecule has 0 aliphatic heterocycles. The molecule has 17 nitrogen and oxygen atoms in total. The van der Waals surface area contributed by atoms with Gasteiger partial charge in [0.05, 0.1) is 26.4 Å². The van der Waals surface area contributed by atoms with E-state index in [1.54, 1.807) is 0 Å². The average molecular weight is 1380 g/mol. The van der Waals surface area contributed by atoms with E-state index < -0.39 is 97.5 Å². The molecule has 0 rings (SSSR count). The van der Waals surface area contributed by atoms with Crippen molar-refractivity contribution in [2.75, 3.05) is 39.6 Å². The number of carbonyl (C=O) groups is 4. The highest BCUT2D eigenvalue weighted by Gasteiger charge is 2.30. The van der Waals surface area contributed by atoms with Crippen LogP contribution in [0, 0.1) is 11.8 Å². The summed E-state index contributed by atoms with van der Waals surface area (Å²) < 4.78 is 68.4. The van der Waals surface area contributed by atoms with Crippen LogP contribution in [0.4, 0.5) is 0 Å². The van der Waals surface area contributed by atoms with Crippen molar-refractivity contribution in [2.24, 2.45) is 11.8 Å². The highest BCUT2D eigenvalue weighted by Crippen LogP contribution is 2.45. The molecule has 0 aromatic heterocycles. The van der Waals surface area contributed by atoms with Crippen molar-refractivity contribution in [2.45, 2.75) is 407 Å². The summed E-state index contributed by atoms with van der Waals surface area (Å²) in [5.74, 6) is -0.541. The predicted octanol–water partition coefficient (Wildman–Crippen LogP) is 21.9. The van der Waals surface area contributed by atoms with E-state index in [2.05, 4.69) is 41.5 Å². The van der Waals surface area contributed by atoms with Crippen molar-refractivity contribution in [1.29, 1.82) is 0 Å². The first-order chi connectivity index (χ1) is 45.4. The number of ether oxygens (including phenoxy) is 4.